The maximum absolute atomic E-state index is 11.9. The number of aliphatic hydroxyl groups is 1. The number of esters is 1. The number of aromatic hydroxyl groups is 2. The molecule has 1 aliphatic heterocycles. The number of ether oxygens (including phenoxy) is 2. The Labute approximate surface area is 134 Å². The lowest BCUT2D eigenvalue weighted by Crippen LogP contribution is -2.24. The molecule has 0 bridgehead atoms. The predicted molar refractivity (Wildman–Crippen MR) is 82.5 cm³/mol. The van der Waals surface area contributed by atoms with Crippen molar-refractivity contribution in [3.63, 3.8) is 0 Å². The van der Waals surface area contributed by atoms with Crippen LogP contribution in [-0.4, -0.2) is 34.2 Å². The van der Waals surface area contributed by atoms with Gasteiger partial charge >= 0.3 is 5.97 Å². The molecule has 6 nitrogen and oxygen atoms in total. The van der Waals surface area contributed by atoms with Crippen LogP contribution < -0.4 is 0 Å². The fourth-order valence-corrected chi connectivity index (χ4v) is 2.38. The molecule has 23 heavy (non-hydrogen) atoms. The first-order valence-electron chi connectivity index (χ1n) is 7.34. The molecular weight excluding hydrogens is 300 g/mol. The molecular formula is C17H20O6. The summed E-state index contributed by atoms with van der Waals surface area (Å²) in [6, 6.07) is 4.47. The number of hydrogen-bond donors (Lipinski definition) is 3. The number of benzene rings is 1. The summed E-state index contributed by atoms with van der Waals surface area (Å²) in [6.07, 6.45) is 4.35. The van der Waals surface area contributed by atoms with Crippen molar-refractivity contribution in [3.8, 4) is 11.5 Å². The topological polar surface area (TPSA) is 96.2 Å². The zero-order chi connectivity index (χ0) is 16.8. The lowest BCUT2D eigenvalue weighted by atomic mass is 9.93. The quantitative estimate of drug-likeness (QED) is 0.436. The summed E-state index contributed by atoms with van der Waals surface area (Å²) in [5.41, 5.74) is 1.39. The highest BCUT2D eigenvalue weighted by Gasteiger charge is 2.25. The lowest BCUT2D eigenvalue weighted by molar-refractivity contribution is -0.144. The van der Waals surface area contributed by atoms with Crippen LogP contribution in [0.2, 0.25) is 0 Å². The zero-order valence-corrected chi connectivity index (χ0v) is 12.8. The molecule has 2 rings (SSSR count). The van der Waals surface area contributed by atoms with Crippen LogP contribution in [0.5, 0.6) is 11.5 Å². The van der Waals surface area contributed by atoms with Crippen molar-refractivity contribution in [1.82, 2.24) is 0 Å². The number of hydrogen-bond acceptors (Lipinski definition) is 6. The van der Waals surface area contributed by atoms with Crippen molar-refractivity contribution in [2.45, 2.75) is 26.1 Å². The van der Waals surface area contributed by atoms with Crippen LogP contribution in [0.4, 0.5) is 0 Å². The molecule has 1 aromatic rings. The van der Waals surface area contributed by atoms with Crippen LogP contribution in [0, 0.1) is 5.92 Å². The van der Waals surface area contributed by atoms with Gasteiger partial charge in [0.05, 0.1) is 19.3 Å². The molecule has 0 fully saturated rings. The van der Waals surface area contributed by atoms with Crippen molar-refractivity contribution < 1.29 is 29.6 Å². The number of phenols is 2. The zero-order valence-electron chi connectivity index (χ0n) is 12.8. The van der Waals surface area contributed by atoms with Crippen molar-refractivity contribution >= 4 is 5.97 Å². The van der Waals surface area contributed by atoms with Gasteiger partial charge in [0.2, 0.25) is 6.29 Å². The summed E-state index contributed by atoms with van der Waals surface area (Å²) in [5, 5.41) is 28.3. The van der Waals surface area contributed by atoms with Crippen molar-refractivity contribution in [1.29, 1.82) is 0 Å². The van der Waals surface area contributed by atoms with Gasteiger partial charge in [-0.3, -0.25) is 4.79 Å². The SMILES string of the molecule is C/C=C1/[C@H](O)OC=C[C@H]1CC(=O)OCCc1ccc(O)c(O)c1. The molecule has 0 aliphatic carbocycles. The highest BCUT2D eigenvalue weighted by Crippen LogP contribution is 2.26. The summed E-state index contributed by atoms with van der Waals surface area (Å²) in [4.78, 5) is 11.9. The van der Waals surface area contributed by atoms with Crippen molar-refractivity contribution in [2.75, 3.05) is 6.61 Å². The number of phenolic OH excluding ortho intramolecular Hbond substituents is 2. The number of allylic oxidation sites excluding steroid dienone is 2. The molecule has 124 valence electrons. The predicted octanol–water partition coefficient (Wildman–Crippen LogP) is 2.00. The van der Waals surface area contributed by atoms with Gasteiger partial charge < -0.3 is 24.8 Å². The van der Waals surface area contributed by atoms with E-state index in [1.807, 2.05) is 0 Å². The molecule has 3 N–H and O–H groups in total. The van der Waals surface area contributed by atoms with E-state index in [9.17, 15) is 20.1 Å². The number of aliphatic hydroxyl groups excluding tert-OH is 1. The van der Waals surface area contributed by atoms with E-state index in [1.165, 1.54) is 18.4 Å². The minimum absolute atomic E-state index is 0.122. The molecule has 0 spiro atoms. The molecule has 0 radical (unpaired) electrons. The average molecular weight is 320 g/mol. The second-order valence-corrected chi connectivity index (χ2v) is 5.21. The Morgan fingerprint density at radius 1 is 1.35 bits per heavy atom. The standard InChI is InChI=1S/C17H20O6/c1-2-13-12(6-8-23-17(13)21)10-16(20)22-7-5-11-3-4-14(18)15(19)9-11/h2-4,6,8-9,12,17-19,21H,5,7,10H2,1H3/b13-2+/t12-,17+/m0/s1. The summed E-state index contributed by atoms with van der Waals surface area (Å²) in [6.45, 7) is 1.94. The van der Waals surface area contributed by atoms with Crippen LogP contribution in [-0.2, 0) is 20.7 Å². The third kappa shape index (κ3) is 4.50. The molecule has 1 aliphatic rings. The first kappa shape index (κ1) is 16.9. The van der Waals surface area contributed by atoms with E-state index in [1.54, 1.807) is 25.1 Å². The van der Waals surface area contributed by atoms with E-state index in [-0.39, 0.29) is 36.4 Å². The van der Waals surface area contributed by atoms with Crippen LogP contribution >= 0.6 is 0 Å². The van der Waals surface area contributed by atoms with Crippen molar-refractivity contribution in [2.24, 2.45) is 5.92 Å². The molecule has 0 aromatic heterocycles. The van der Waals surface area contributed by atoms with Gasteiger partial charge in [0.15, 0.2) is 11.5 Å². The average Bonchev–Trinajstić information content (AvgIpc) is 2.51. The fraction of sp³-hybridized carbons (Fsp3) is 0.353. The highest BCUT2D eigenvalue weighted by molar-refractivity contribution is 5.70. The first-order valence-corrected chi connectivity index (χ1v) is 7.34. The van der Waals surface area contributed by atoms with Gasteiger partial charge in [-0.2, -0.15) is 0 Å². The van der Waals surface area contributed by atoms with E-state index in [0.29, 0.717) is 12.0 Å². The molecule has 1 heterocycles. The maximum atomic E-state index is 11.9. The summed E-state index contributed by atoms with van der Waals surface area (Å²) < 4.78 is 10.1. The van der Waals surface area contributed by atoms with E-state index in [2.05, 4.69) is 0 Å². The number of rotatable bonds is 5. The van der Waals surface area contributed by atoms with Crippen LogP contribution in [0.1, 0.15) is 18.9 Å². The van der Waals surface area contributed by atoms with Gasteiger partial charge in [-0.05, 0) is 30.7 Å². The van der Waals surface area contributed by atoms with Gasteiger partial charge in [-0.1, -0.05) is 12.1 Å². The van der Waals surface area contributed by atoms with Crippen LogP contribution in [0.3, 0.4) is 0 Å². The van der Waals surface area contributed by atoms with E-state index < -0.39 is 6.29 Å². The smallest absolute Gasteiger partial charge is 0.306 e. The van der Waals surface area contributed by atoms with E-state index in [0.717, 1.165) is 5.56 Å². The third-order valence-corrected chi connectivity index (χ3v) is 3.65. The second-order valence-electron chi connectivity index (χ2n) is 5.21. The van der Waals surface area contributed by atoms with Gasteiger partial charge in [0, 0.05) is 17.9 Å². The first-order chi connectivity index (χ1) is 11.0. The largest absolute Gasteiger partial charge is 0.504 e. The highest BCUT2D eigenvalue weighted by atomic mass is 16.6. The van der Waals surface area contributed by atoms with E-state index in [4.69, 9.17) is 9.47 Å². The van der Waals surface area contributed by atoms with Gasteiger partial charge in [0.1, 0.15) is 0 Å². The molecule has 2 atom stereocenters. The molecule has 0 unspecified atom stereocenters. The Balaban J connectivity index is 1.82. The molecule has 0 saturated heterocycles. The van der Waals surface area contributed by atoms with Crippen LogP contribution in [0.15, 0.2) is 42.2 Å². The Hall–Kier alpha value is -2.47. The minimum Gasteiger partial charge on any atom is -0.504 e. The minimum atomic E-state index is -1.03. The molecule has 0 amide bonds. The second kappa shape index (κ2) is 7.69. The van der Waals surface area contributed by atoms with Gasteiger partial charge in [-0.25, -0.2) is 0 Å². The maximum Gasteiger partial charge on any atom is 0.306 e. The lowest BCUT2D eigenvalue weighted by Gasteiger charge is -2.24. The summed E-state index contributed by atoms with van der Waals surface area (Å²) in [7, 11) is 0. The number of carbonyl (C=O) groups is 1. The Kier molecular flexibility index (Phi) is 5.65. The van der Waals surface area contributed by atoms with Crippen molar-refractivity contribution in [3.05, 3.63) is 47.7 Å². The number of carbonyl (C=O) groups excluding carboxylic acids is 1. The summed E-state index contributed by atoms with van der Waals surface area (Å²) >= 11 is 0. The third-order valence-electron chi connectivity index (χ3n) is 3.65. The Morgan fingerprint density at radius 2 is 2.13 bits per heavy atom. The summed E-state index contributed by atoms with van der Waals surface area (Å²) in [5.74, 6) is -1.01. The Bertz CT molecular complexity index is 620. The Morgan fingerprint density at radius 3 is 2.83 bits per heavy atom. The fourth-order valence-electron chi connectivity index (χ4n) is 2.38. The van der Waals surface area contributed by atoms with Gasteiger partial charge in [-0.15, -0.1) is 0 Å². The van der Waals surface area contributed by atoms with Crippen LogP contribution in [0.25, 0.3) is 0 Å². The molecule has 6 heteroatoms. The van der Waals surface area contributed by atoms with Gasteiger partial charge in [0.25, 0.3) is 0 Å². The van der Waals surface area contributed by atoms with E-state index >= 15 is 0 Å². The monoisotopic (exact) mass is 320 g/mol. The molecule has 0 saturated carbocycles. The molecule has 1 aromatic carbocycles. The normalized spacial score (nSPS) is 21.9.